The van der Waals surface area contributed by atoms with Crippen LogP contribution < -0.4 is 0 Å². The Labute approximate surface area is 80.9 Å². The minimum atomic E-state index is 0.326. The SMILES string of the molecule is OCCN1CCC2(CCCC2)CC1. The molecule has 1 N–H and O–H groups in total. The Hall–Kier alpha value is -0.0800. The lowest BCUT2D eigenvalue weighted by atomic mass is 9.77. The Balaban J connectivity index is 1.81. The molecule has 76 valence electrons. The summed E-state index contributed by atoms with van der Waals surface area (Å²) in [5.41, 5.74) is 0.728. The van der Waals surface area contributed by atoms with E-state index in [1.807, 2.05) is 0 Å². The number of likely N-dealkylation sites (tertiary alicyclic amines) is 1. The number of β-amino-alcohol motifs (C(OH)–C–C–N with tert-alkyl or cyclic N) is 1. The summed E-state index contributed by atoms with van der Waals surface area (Å²) in [5.74, 6) is 0. The van der Waals surface area contributed by atoms with Gasteiger partial charge in [0.25, 0.3) is 0 Å². The highest BCUT2D eigenvalue weighted by molar-refractivity contribution is 4.89. The lowest BCUT2D eigenvalue weighted by Gasteiger charge is -2.39. The first-order valence-corrected chi connectivity index (χ1v) is 5.68. The first-order chi connectivity index (χ1) is 6.35. The summed E-state index contributed by atoms with van der Waals surface area (Å²) in [6.07, 6.45) is 8.62. The zero-order chi connectivity index (χ0) is 9.15. The molecule has 2 nitrogen and oxygen atoms in total. The highest BCUT2D eigenvalue weighted by atomic mass is 16.3. The third-order valence-corrected chi connectivity index (χ3v) is 4.00. The van der Waals surface area contributed by atoms with Gasteiger partial charge in [0.1, 0.15) is 0 Å². The van der Waals surface area contributed by atoms with Crippen LogP contribution in [0.2, 0.25) is 0 Å². The molecule has 2 fully saturated rings. The van der Waals surface area contributed by atoms with Gasteiger partial charge < -0.3 is 10.0 Å². The Morgan fingerprint density at radius 3 is 2.15 bits per heavy atom. The molecule has 1 aliphatic carbocycles. The molecule has 0 aromatic carbocycles. The highest BCUT2D eigenvalue weighted by Gasteiger charge is 2.36. The van der Waals surface area contributed by atoms with Gasteiger partial charge in [0.15, 0.2) is 0 Å². The Morgan fingerprint density at radius 2 is 1.62 bits per heavy atom. The molecule has 1 saturated carbocycles. The van der Waals surface area contributed by atoms with E-state index < -0.39 is 0 Å². The summed E-state index contributed by atoms with van der Waals surface area (Å²) < 4.78 is 0. The van der Waals surface area contributed by atoms with Crippen LogP contribution in [0.15, 0.2) is 0 Å². The maximum atomic E-state index is 8.83. The van der Waals surface area contributed by atoms with Crippen LogP contribution in [0.1, 0.15) is 38.5 Å². The standard InChI is InChI=1S/C11H21NO/c13-10-9-12-7-5-11(6-8-12)3-1-2-4-11/h13H,1-10H2. The number of aliphatic hydroxyl groups is 1. The maximum absolute atomic E-state index is 8.83. The van der Waals surface area contributed by atoms with Crippen LogP contribution in [0, 0.1) is 5.41 Å². The molecule has 1 saturated heterocycles. The van der Waals surface area contributed by atoms with Gasteiger partial charge in [-0.3, -0.25) is 0 Å². The summed E-state index contributed by atoms with van der Waals surface area (Å²) in [6.45, 7) is 3.66. The van der Waals surface area contributed by atoms with Gasteiger partial charge in [-0.25, -0.2) is 0 Å². The molecular weight excluding hydrogens is 162 g/mol. The number of nitrogens with zero attached hydrogens (tertiary/aromatic N) is 1. The van der Waals surface area contributed by atoms with Crippen LogP contribution in [-0.4, -0.2) is 36.2 Å². The third kappa shape index (κ3) is 2.05. The van der Waals surface area contributed by atoms with Crippen molar-refractivity contribution in [2.75, 3.05) is 26.2 Å². The molecule has 0 bridgehead atoms. The first-order valence-electron chi connectivity index (χ1n) is 5.68. The molecule has 0 aromatic rings. The smallest absolute Gasteiger partial charge is 0.0558 e. The van der Waals surface area contributed by atoms with E-state index in [9.17, 15) is 0 Å². The molecule has 1 spiro atoms. The number of rotatable bonds is 2. The van der Waals surface area contributed by atoms with E-state index in [4.69, 9.17) is 5.11 Å². The van der Waals surface area contributed by atoms with E-state index in [0.29, 0.717) is 6.61 Å². The minimum absolute atomic E-state index is 0.326. The molecule has 0 aromatic heterocycles. The second kappa shape index (κ2) is 3.97. The average Bonchev–Trinajstić information content (AvgIpc) is 2.59. The maximum Gasteiger partial charge on any atom is 0.0558 e. The van der Waals surface area contributed by atoms with E-state index in [1.54, 1.807) is 0 Å². The molecule has 2 rings (SSSR count). The number of hydrogen-bond donors (Lipinski definition) is 1. The molecular formula is C11H21NO. The zero-order valence-electron chi connectivity index (χ0n) is 8.47. The Kier molecular flexibility index (Phi) is 2.89. The first kappa shape index (κ1) is 9.47. The van der Waals surface area contributed by atoms with E-state index in [0.717, 1.165) is 12.0 Å². The number of aliphatic hydroxyl groups excluding tert-OH is 1. The Bertz CT molecular complexity index is 153. The number of piperidine rings is 1. The summed E-state index contributed by atoms with van der Waals surface area (Å²) in [6, 6.07) is 0. The molecule has 0 atom stereocenters. The largest absolute Gasteiger partial charge is 0.395 e. The van der Waals surface area contributed by atoms with Crippen LogP contribution in [0.25, 0.3) is 0 Å². The fourth-order valence-corrected chi connectivity index (χ4v) is 3.02. The van der Waals surface area contributed by atoms with Gasteiger partial charge in [0.05, 0.1) is 6.61 Å². The highest BCUT2D eigenvalue weighted by Crippen LogP contribution is 2.45. The molecule has 13 heavy (non-hydrogen) atoms. The lowest BCUT2D eigenvalue weighted by Crippen LogP contribution is -2.40. The summed E-state index contributed by atoms with van der Waals surface area (Å²) in [5, 5.41) is 8.83. The normalized spacial score (nSPS) is 28.4. The van der Waals surface area contributed by atoms with E-state index >= 15 is 0 Å². The molecule has 1 heterocycles. The molecule has 0 radical (unpaired) electrons. The predicted molar refractivity (Wildman–Crippen MR) is 53.7 cm³/mol. The third-order valence-electron chi connectivity index (χ3n) is 4.00. The molecule has 0 amide bonds. The van der Waals surface area contributed by atoms with Gasteiger partial charge in [0, 0.05) is 6.54 Å². The van der Waals surface area contributed by atoms with Crippen molar-refractivity contribution in [2.24, 2.45) is 5.41 Å². The van der Waals surface area contributed by atoms with Crippen LogP contribution in [0.3, 0.4) is 0 Å². The van der Waals surface area contributed by atoms with Crippen LogP contribution in [0.5, 0.6) is 0 Å². The van der Waals surface area contributed by atoms with Crippen LogP contribution in [-0.2, 0) is 0 Å². The molecule has 2 aliphatic rings. The monoisotopic (exact) mass is 183 g/mol. The van der Waals surface area contributed by atoms with Crippen molar-refractivity contribution in [3.8, 4) is 0 Å². The van der Waals surface area contributed by atoms with Crippen molar-refractivity contribution in [3.05, 3.63) is 0 Å². The summed E-state index contributed by atoms with van der Waals surface area (Å²) in [7, 11) is 0. The van der Waals surface area contributed by atoms with Crippen molar-refractivity contribution in [1.29, 1.82) is 0 Å². The van der Waals surface area contributed by atoms with Gasteiger partial charge in [-0.2, -0.15) is 0 Å². The van der Waals surface area contributed by atoms with Crippen molar-refractivity contribution < 1.29 is 5.11 Å². The summed E-state index contributed by atoms with van der Waals surface area (Å²) >= 11 is 0. The minimum Gasteiger partial charge on any atom is -0.395 e. The quantitative estimate of drug-likeness (QED) is 0.703. The fraction of sp³-hybridized carbons (Fsp3) is 1.00. The predicted octanol–water partition coefficient (Wildman–Crippen LogP) is 1.63. The van der Waals surface area contributed by atoms with Crippen molar-refractivity contribution in [2.45, 2.75) is 38.5 Å². The van der Waals surface area contributed by atoms with Crippen LogP contribution >= 0.6 is 0 Å². The van der Waals surface area contributed by atoms with E-state index in [2.05, 4.69) is 4.90 Å². The topological polar surface area (TPSA) is 23.5 Å². The van der Waals surface area contributed by atoms with Crippen molar-refractivity contribution in [3.63, 3.8) is 0 Å². The second-order valence-electron chi connectivity index (χ2n) is 4.77. The zero-order valence-corrected chi connectivity index (χ0v) is 8.47. The second-order valence-corrected chi connectivity index (χ2v) is 4.77. The van der Waals surface area contributed by atoms with E-state index in [-0.39, 0.29) is 0 Å². The van der Waals surface area contributed by atoms with Crippen molar-refractivity contribution >= 4 is 0 Å². The molecule has 0 unspecified atom stereocenters. The van der Waals surface area contributed by atoms with Gasteiger partial charge >= 0.3 is 0 Å². The van der Waals surface area contributed by atoms with E-state index in [1.165, 1.54) is 51.6 Å². The van der Waals surface area contributed by atoms with Gasteiger partial charge in [-0.1, -0.05) is 12.8 Å². The summed E-state index contributed by atoms with van der Waals surface area (Å²) in [4.78, 5) is 2.41. The average molecular weight is 183 g/mol. The lowest BCUT2D eigenvalue weighted by molar-refractivity contribution is 0.0927. The molecule has 2 heteroatoms. The van der Waals surface area contributed by atoms with Crippen LogP contribution in [0.4, 0.5) is 0 Å². The fourth-order valence-electron chi connectivity index (χ4n) is 3.02. The van der Waals surface area contributed by atoms with Crippen molar-refractivity contribution in [1.82, 2.24) is 4.90 Å². The van der Waals surface area contributed by atoms with Gasteiger partial charge in [0.2, 0.25) is 0 Å². The Morgan fingerprint density at radius 1 is 1.00 bits per heavy atom. The van der Waals surface area contributed by atoms with Gasteiger partial charge in [-0.15, -0.1) is 0 Å². The number of hydrogen-bond acceptors (Lipinski definition) is 2. The van der Waals surface area contributed by atoms with Gasteiger partial charge in [-0.05, 0) is 44.2 Å². The molecule has 1 aliphatic heterocycles.